The van der Waals surface area contributed by atoms with E-state index in [1.165, 1.54) is 0 Å². The van der Waals surface area contributed by atoms with Crippen molar-refractivity contribution in [2.24, 2.45) is 0 Å². The van der Waals surface area contributed by atoms with E-state index in [0.29, 0.717) is 22.6 Å². The van der Waals surface area contributed by atoms with Gasteiger partial charge in [0.25, 0.3) is 5.91 Å². The second-order valence-electron chi connectivity index (χ2n) is 6.55. The van der Waals surface area contributed by atoms with Crippen LogP contribution in [-0.2, 0) is 16.1 Å². The number of ether oxygens (including phenoxy) is 3. The number of rotatable bonds is 6. The van der Waals surface area contributed by atoms with Gasteiger partial charge < -0.3 is 19.5 Å². The molecule has 30 heavy (non-hydrogen) atoms. The van der Waals surface area contributed by atoms with Crippen LogP contribution in [-0.4, -0.2) is 18.7 Å². The molecule has 3 aromatic rings. The quantitative estimate of drug-likeness (QED) is 0.500. The molecule has 3 aromatic carbocycles. The van der Waals surface area contributed by atoms with Gasteiger partial charge in [-0.15, -0.1) is 0 Å². The van der Waals surface area contributed by atoms with Gasteiger partial charge in [-0.2, -0.15) is 0 Å². The molecule has 1 aliphatic heterocycles. The maximum absolute atomic E-state index is 12.8. The molecule has 6 nitrogen and oxygen atoms in total. The number of carbonyl (C=O) groups is 2. The fourth-order valence-electron chi connectivity index (χ4n) is 2.90. The molecule has 0 aliphatic carbocycles. The van der Waals surface area contributed by atoms with Gasteiger partial charge in [0.05, 0.1) is 0 Å². The van der Waals surface area contributed by atoms with Crippen molar-refractivity contribution < 1.29 is 23.8 Å². The fourth-order valence-corrected chi connectivity index (χ4v) is 2.90. The molecule has 1 amide bonds. The summed E-state index contributed by atoms with van der Waals surface area (Å²) in [7, 11) is 0. The molecule has 6 heteroatoms. The number of benzene rings is 3. The zero-order valence-electron chi connectivity index (χ0n) is 16.0. The zero-order chi connectivity index (χ0) is 20.8. The lowest BCUT2D eigenvalue weighted by Gasteiger charge is -2.11. The first-order chi connectivity index (χ1) is 14.7. The summed E-state index contributed by atoms with van der Waals surface area (Å²) in [6.07, 6.45) is 1.55. The summed E-state index contributed by atoms with van der Waals surface area (Å²) in [5, 5.41) is 2.66. The summed E-state index contributed by atoms with van der Waals surface area (Å²) in [6.45, 7) is 0.249. The molecule has 0 spiro atoms. The van der Waals surface area contributed by atoms with E-state index in [9.17, 15) is 9.59 Å². The highest BCUT2D eigenvalue weighted by Gasteiger charge is 2.18. The largest absolute Gasteiger partial charge is 0.456 e. The molecule has 150 valence electrons. The second kappa shape index (κ2) is 8.96. The van der Waals surface area contributed by atoms with E-state index in [0.717, 1.165) is 5.56 Å². The lowest BCUT2D eigenvalue weighted by Crippen LogP contribution is -2.28. The van der Waals surface area contributed by atoms with Crippen molar-refractivity contribution in [3.8, 4) is 11.5 Å². The second-order valence-corrected chi connectivity index (χ2v) is 6.55. The summed E-state index contributed by atoms with van der Waals surface area (Å²) in [5.41, 5.74) is 1.98. The van der Waals surface area contributed by atoms with Gasteiger partial charge >= 0.3 is 5.97 Å². The van der Waals surface area contributed by atoms with E-state index in [4.69, 9.17) is 14.2 Å². The fraction of sp³-hybridized carbons (Fsp3) is 0.0833. The van der Waals surface area contributed by atoms with Crippen LogP contribution >= 0.6 is 0 Å². The normalized spacial score (nSPS) is 12.3. The molecule has 0 bridgehead atoms. The number of carbonyl (C=O) groups excluding carboxylic acids is 2. The Labute approximate surface area is 173 Å². The summed E-state index contributed by atoms with van der Waals surface area (Å²) < 4.78 is 16.1. The van der Waals surface area contributed by atoms with Gasteiger partial charge in [-0.05, 0) is 41.5 Å². The monoisotopic (exact) mass is 401 g/mol. The molecular weight excluding hydrogens is 382 g/mol. The van der Waals surface area contributed by atoms with E-state index in [1.54, 1.807) is 48.5 Å². The van der Waals surface area contributed by atoms with Gasteiger partial charge in [-0.25, -0.2) is 4.79 Å². The predicted molar refractivity (Wildman–Crippen MR) is 111 cm³/mol. The third kappa shape index (κ3) is 4.67. The van der Waals surface area contributed by atoms with Crippen LogP contribution in [0.3, 0.4) is 0 Å². The smallest absolute Gasteiger partial charge is 0.355 e. The number of esters is 1. The molecule has 0 unspecified atom stereocenters. The molecule has 0 aromatic heterocycles. The number of fused-ring (bicyclic) bond motifs is 1. The molecule has 0 saturated carbocycles. The van der Waals surface area contributed by atoms with E-state index in [2.05, 4.69) is 5.32 Å². The molecule has 1 aliphatic rings. The average molecular weight is 401 g/mol. The van der Waals surface area contributed by atoms with Gasteiger partial charge in [0.1, 0.15) is 12.3 Å². The van der Waals surface area contributed by atoms with Crippen LogP contribution in [0.2, 0.25) is 0 Å². The van der Waals surface area contributed by atoms with Gasteiger partial charge in [0.2, 0.25) is 6.79 Å². The Bertz CT molecular complexity index is 1080. The molecule has 1 N–H and O–H groups in total. The van der Waals surface area contributed by atoms with E-state index < -0.39 is 11.9 Å². The topological polar surface area (TPSA) is 73.9 Å². The van der Waals surface area contributed by atoms with E-state index in [1.807, 2.05) is 36.4 Å². The Balaban J connectivity index is 1.56. The standard InChI is InChI=1S/C24H19NO5/c26-23(19-9-5-2-6-10-19)25-20(24(27)28-15-17-7-3-1-4-8-17)13-18-11-12-21-22(14-18)30-16-29-21/h1-14H,15-16H2,(H,25,26). The van der Waals surface area contributed by atoms with Crippen LogP contribution in [0.4, 0.5) is 0 Å². The minimum atomic E-state index is -0.638. The zero-order valence-corrected chi connectivity index (χ0v) is 16.0. The summed E-state index contributed by atoms with van der Waals surface area (Å²) >= 11 is 0. The van der Waals surface area contributed by atoms with E-state index in [-0.39, 0.29) is 19.1 Å². The maximum atomic E-state index is 12.8. The van der Waals surface area contributed by atoms with Crippen LogP contribution in [0.5, 0.6) is 11.5 Å². The molecule has 0 saturated heterocycles. The summed E-state index contributed by atoms with van der Waals surface area (Å²) in [6, 6.07) is 23.2. The highest BCUT2D eigenvalue weighted by Crippen LogP contribution is 2.33. The lowest BCUT2D eigenvalue weighted by molar-refractivity contribution is -0.140. The molecular formula is C24H19NO5. The number of amides is 1. The van der Waals surface area contributed by atoms with Crippen molar-refractivity contribution in [2.75, 3.05) is 6.79 Å². The number of nitrogens with one attached hydrogen (secondary N) is 1. The van der Waals surface area contributed by atoms with Crippen LogP contribution in [0.1, 0.15) is 21.5 Å². The maximum Gasteiger partial charge on any atom is 0.355 e. The molecule has 0 atom stereocenters. The average Bonchev–Trinajstić information content (AvgIpc) is 3.26. The van der Waals surface area contributed by atoms with Crippen LogP contribution in [0, 0.1) is 0 Å². The minimum Gasteiger partial charge on any atom is -0.456 e. The third-order valence-corrected chi connectivity index (χ3v) is 4.42. The van der Waals surface area contributed by atoms with Crippen molar-refractivity contribution in [1.82, 2.24) is 5.32 Å². The predicted octanol–water partition coefficient (Wildman–Crippen LogP) is 3.93. The molecule has 0 fully saturated rings. The first-order valence-electron chi connectivity index (χ1n) is 9.38. The highest BCUT2D eigenvalue weighted by molar-refractivity contribution is 6.03. The van der Waals surface area contributed by atoms with Gasteiger partial charge in [0.15, 0.2) is 11.5 Å². The van der Waals surface area contributed by atoms with Crippen LogP contribution < -0.4 is 14.8 Å². The first kappa shape index (κ1) is 19.3. The Morgan fingerprint density at radius 2 is 1.60 bits per heavy atom. The van der Waals surface area contributed by atoms with Crippen molar-refractivity contribution in [3.63, 3.8) is 0 Å². The van der Waals surface area contributed by atoms with Gasteiger partial charge in [-0.1, -0.05) is 54.6 Å². The van der Waals surface area contributed by atoms with Crippen molar-refractivity contribution >= 4 is 18.0 Å². The van der Waals surface area contributed by atoms with Crippen molar-refractivity contribution in [3.05, 3.63) is 101 Å². The highest BCUT2D eigenvalue weighted by atomic mass is 16.7. The van der Waals surface area contributed by atoms with Gasteiger partial charge in [-0.3, -0.25) is 4.79 Å². The first-order valence-corrected chi connectivity index (χ1v) is 9.38. The van der Waals surface area contributed by atoms with Crippen molar-refractivity contribution in [2.45, 2.75) is 6.61 Å². The van der Waals surface area contributed by atoms with Crippen molar-refractivity contribution in [1.29, 1.82) is 0 Å². The van der Waals surface area contributed by atoms with Crippen LogP contribution in [0.15, 0.2) is 84.6 Å². The Morgan fingerprint density at radius 1 is 0.900 bits per heavy atom. The molecule has 0 radical (unpaired) electrons. The third-order valence-electron chi connectivity index (χ3n) is 4.42. The Kier molecular flexibility index (Phi) is 5.75. The minimum absolute atomic E-state index is 0.0265. The van der Waals surface area contributed by atoms with Crippen LogP contribution in [0.25, 0.3) is 6.08 Å². The Morgan fingerprint density at radius 3 is 2.37 bits per heavy atom. The van der Waals surface area contributed by atoms with E-state index >= 15 is 0 Å². The lowest BCUT2D eigenvalue weighted by atomic mass is 10.1. The number of hydrogen-bond donors (Lipinski definition) is 1. The summed E-state index contributed by atoms with van der Waals surface area (Å²) in [4.78, 5) is 25.4. The Hall–Kier alpha value is -4.06. The molecule has 4 rings (SSSR count). The number of hydrogen-bond acceptors (Lipinski definition) is 5. The SMILES string of the molecule is O=C(OCc1ccccc1)C(=Cc1ccc2c(c1)OCO2)NC(=O)c1ccccc1. The van der Waals surface area contributed by atoms with Gasteiger partial charge in [0, 0.05) is 5.56 Å². The molecule has 1 heterocycles. The summed E-state index contributed by atoms with van der Waals surface area (Å²) in [5.74, 6) is 0.170.